The molecular formula is C11H17ClN4O. The zero-order valence-corrected chi connectivity index (χ0v) is 11.0. The third-order valence-electron chi connectivity index (χ3n) is 2.34. The molecule has 94 valence electrons. The molecule has 0 aliphatic heterocycles. The second-order valence-electron chi connectivity index (χ2n) is 4.14. The van der Waals surface area contributed by atoms with Gasteiger partial charge < -0.3 is 10.6 Å². The third kappa shape index (κ3) is 3.64. The molecule has 17 heavy (non-hydrogen) atoms. The molecule has 0 radical (unpaired) electrons. The van der Waals surface area contributed by atoms with E-state index in [9.17, 15) is 4.79 Å². The van der Waals surface area contributed by atoms with Crippen molar-refractivity contribution in [3.63, 3.8) is 0 Å². The summed E-state index contributed by atoms with van der Waals surface area (Å²) in [5.41, 5.74) is 6.19. The topological polar surface area (TPSA) is 72.1 Å². The van der Waals surface area contributed by atoms with Crippen molar-refractivity contribution in [1.82, 2.24) is 14.9 Å². The Hall–Kier alpha value is -1.20. The van der Waals surface area contributed by atoms with Crippen molar-refractivity contribution in [1.29, 1.82) is 0 Å². The second-order valence-corrected chi connectivity index (χ2v) is 4.50. The maximum atomic E-state index is 11.9. The monoisotopic (exact) mass is 256 g/mol. The summed E-state index contributed by atoms with van der Waals surface area (Å²) < 4.78 is 0. The van der Waals surface area contributed by atoms with Gasteiger partial charge in [0.05, 0.1) is 18.3 Å². The van der Waals surface area contributed by atoms with Crippen LogP contribution < -0.4 is 5.73 Å². The highest BCUT2D eigenvalue weighted by Gasteiger charge is 2.21. The minimum atomic E-state index is -0.534. The molecule has 0 spiro atoms. The van der Waals surface area contributed by atoms with Crippen LogP contribution in [0.4, 0.5) is 0 Å². The largest absolute Gasteiger partial charge is 0.333 e. The lowest BCUT2D eigenvalue weighted by molar-refractivity contribution is -0.134. The number of hydrogen-bond donors (Lipinski definition) is 1. The summed E-state index contributed by atoms with van der Waals surface area (Å²) in [7, 11) is 0. The first-order chi connectivity index (χ1) is 7.93. The van der Waals surface area contributed by atoms with Crippen molar-refractivity contribution >= 4 is 17.5 Å². The van der Waals surface area contributed by atoms with Gasteiger partial charge in [0.25, 0.3) is 0 Å². The maximum absolute atomic E-state index is 11.9. The summed E-state index contributed by atoms with van der Waals surface area (Å²) in [6.45, 7) is 5.83. The maximum Gasteiger partial charge on any atom is 0.239 e. The quantitative estimate of drug-likeness (QED) is 0.879. The molecule has 1 aromatic rings. The van der Waals surface area contributed by atoms with Crippen LogP contribution in [0.3, 0.4) is 0 Å². The van der Waals surface area contributed by atoms with E-state index in [1.54, 1.807) is 18.0 Å². The van der Waals surface area contributed by atoms with Gasteiger partial charge in [-0.2, -0.15) is 0 Å². The van der Waals surface area contributed by atoms with Gasteiger partial charge in [0, 0.05) is 18.4 Å². The fourth-order valence-corrected chi connectivity index (χ4v) is 1.56. The van der Waals surface area contributed by atoms with Gasteiger partial charge in [-0.3, -0.25) is 9.78 Å². The van der Waals surface area contributed by atoms with Crippen molar-refractivity contribution < 1.29 is 4.79 Å². The zero-order chi connectivity index (χ0) is 13.0. The molecule has 0 aliphatic rings. The highest BCUT2D eigenvalue weighted by Crippen LogP contribution is 2.14. The highest BCUT2D eigenvalue weighted by atomic mass is 35.5. The molecule has 0 bridgehead atoms. The Kier molecular flexibility index (Phi) is 4.84. The summed E-state index contributed by atoms with van der Waals surface area (Å²) in [6, 6.07) is -0.501. The van der Waals surface area contributed by atoms with Crippen molar-refractivity contribution in [2.75, 3.05) is 0 Å². The first-order valence-electron chi connectivity index (χ1n) is 5.45. The third-order valence-corrected chi connectivity index (χ3v) is 2.65. The van der Waals surface area contributed by atoms with Crippen LogP contribution in [0.25, 0.3) is 0 Å². The Balaban J connectivity index is 2.88. The van der Waals surface area contributed by atoms with Crippen molar-refractivity contribution in [2.24, 2.45) is 5.73 Å². The number of hydrogen-bond acceptors (Lipinski definition) is 4. The average Bonchev–Trinajstić information content (AvgIpc) is 2.26. The SMILES string of the molecule is CC(N)C(=O)N(Cc1nccnc1Cl)C(C)C. The van der Waals surface area contributed by atoms with E-state index in [1.165, 1.54) is 6.20 Å². The lowest BCUT2D eigenvalue weighted by Gasteiger charge is -2.28. The number of rotatable bonds is 4. The molecular weight excluding hydrogens is 240 g/mol. The molecule has 1 aromatic heterocycles. The number of nitrogens with two attached hydrogens (primary N) is 1. The first kappa shape index (κ1) is 13.9. The molecule has 2 N–H and O–H groups in total. The number of carbonyl (C=O) groups excluding carboxylic acids is 1. The fourth-order valence-electron chi connectivity index (χ4n) is 1.39. The van der Waals surface area contributed by atoms with Gasteiger partial charge in [0.15, 0.2) is 5.15 Å². The van der Waals surface area contributed by atoms with Crippen LogP contribution in [0.2, 0.25) is 5.15 Å². The number of carbonyl (C=O) groups is 1. The molecule has 6 heteroatoms. The zero-order valence-electron chi connectivity index (χ0n) is 10.2. The Morgan fingerprint density at radius 3 is 2.47 bits per heavy atom. The van der Waals surface area contributed by atoms with E-state index in [4.69, 9.17) is 17.3 Å². The minimum Gasteiger partial charge on any atom is -0.333 e. The number of aromatic nitrogens is 2. The molecule has 1 heterocycles. The standard InChI is InChI=1S/C11H17ClN4O/c1-7(2)16(11(17)8(3)13)6-9-10(12)15-5-4-14-9/h4-5,7-8H,6,13H2,1-3H3. The number of nitrogens with zero attached hydrogens (tertiary/aromatic N) is 3. The van der Waals surface area contributed by atoms with Crippen molar-refractivity contribution in [3.8, 4) is 0 Å². The van der Waals surface area contributed by atoms with Gasteiger partial charge in [-0.1, -0.05) is 11.6 Å². The Bertz CT molecular complexity index is 395. The summed E-state index contributed by atoms with van der Waals surface area (Å²) in [5.74, 6) is -0.123. The van der Waals surface area contributed by atoms with Crippen LogP contribution in [0.1, 0.15) is 26.5 Å². The van der Waals surface area contributed by atoms with E-state index in [0.29, 0.717) is 17.4 Å². The highest BCUT2D eigenvalue weighted by molar-refractivity contribution is 6.29. The molecule has 5 nitrogen and oxygen atoms in total. The van der Waals surface area contributed by atoms with Gasteiger partial charge >= 0.3 is 0 Å². The summed E-state index contributed by atoms with van der Waals surface area (Å²) >= 11 is 5.91. The summed E-state index contributed by atoms with van der Waals surface area (Å²) in [4.78, 5) is 21.6. The fraction of sp³-hybridized carbons (Fsp3) is 0.545. The molecule has 0 aliphatic carbocycles. The van der Waals surface area contributed by atoms with Crippen LogP contribution in [0.5, 0.6) is 0 Å². The van der Waals surface area contributed by atoms with Gasteiger partial charge in [0.1, 0.15) is 0 Å². The summed E-state index contributed by atoms with van der Waals surface area (Å²) in [6.07, 6.45) is 3.06. The van der Waals surface area contributed by atoms with Crippen LogP contribution in [0.15, 0.2) is 12.4 Å². The Labute approximate surface area is 106 Å². The van der Waals surface area contributed by atoms with E-state index in [1.807, 2.05) is 13.8 Å². The molecule has 0 saturated heterocycles. The predicted octanol–water partition coefficient (Wildman–Crippen LogP) is 1.21. The lowest BCUT2D eigenvalue weighted by Crippen LogP contribution is -2.45. The van der Waals surface area contributed by atoms with Gasteiger partial charge in [-0.25, -0.2) is 4.98 Å². The van der Waals surface area contributed by atoms with Gasteiger partial charge in [-0.15, -0.1) is 0 Å². The van der Waals surface area contributed by atoms with E-state index < -0.39 is 6.04 Å². The predicted molar refractivity (Wildman–Crippen MR) is 66.4 cm³/mol. The van der Waals surface area contributed by atoms with Crippen LogP contribution >= 0.6 is 11.6 Å². The molecule has 0 fully saturated rings. The van der Waals surface area contributed by atoms with E-state index in [0.717, 1.165) is 0 Å². The van der Waals surface area contributed by atoms with Crippen LogP contribution in [-0.2, 0) is 11.3 Å². The summed E-state index contributed by atoms with van der Waals surface area (Å²) in [5, 5.41) is 0.315. The molecule has 0 aromatic carbocycles. The Morgan fingerprint density at radius 2 is 2.00 bits per heavy atom. The van der Waals surface area contributed by atoms with E-state index in [2.05, 4.69) is 9.97 Å². The molecule has 1 amide bonds. The second kappa shape index (κ2) is 5.93. The van der Waals surface area contributed by atoms with Crippen LogP contribution in [0, 0.1) is 0 Å². The van der Waals surface area contributed by atoms with Gasteiger partial charge in [0.2, 0.25) is 5.91 Å². The van der Waals surface area contributed by atoms with Crippen molar-refractivity contribution in [3.05, 3.63) is 23.2 Å². The average molecular weight is 257 g/mol. The van der Waals surface area contributed by atoms with Crippen LogP contribution in [-0.4, -0.2) is 32.9 Å². The van der Waals surface area contributed by atoms with Gasteiger partial charge in [-0.05, 0) is 20.8 Å². The molecule has 0 saturated carbocycles. The smallest absolute Gasteiger partial charge is 0.239 e. The van der Waals surface area contributed by atoms with Crippen molar-refractivity contribution in [2.45, 2.75) is 39.4 Å². The lowest BCUT2D eigenvalue weighted by atomic mass is 10.2. The molecule has 1 atom stereocenters. The van der Waals surface area contributed by atoms with E-state index >= 15 is 0 Å². The normalized spacial score (nSPS) is 12.6. The van der Waals surface area contributed by atoms with E-state index in [-0.39, 0.29) is 11.9 Å². The number of halogens is 1. The Morgan fingerprint density at radius 1 is 1.41 bits per heavy atom. The first-order valence-corrected chi connectivity index (χ1v) is 5.82. The number of amides is 1. The minimum absolute atomic E-state index is 0.0339. The molecule has 1 unspecified atom stereocenters. The molecule has 1 rings (SSSR count).